The molecule has 3 aromatic heterocycles. The predicted molar refractivity (Wildman–Crippen MR) is 132 cm³/mol. The first kappa shape index (κ1) is 25.2. The Balaban J connectivity index is 1.77. The zero-order valence-corrected chi connectivity index (χ0v) is 20.2. The molecule has 38 heavy (non-hydrogen) atoms. The third-order valence-corrected chi connectivity index (χ3v) is 5.84. The maximum atomic E-state index is 13.9. The van der Waals surface area contributed by atoms with Gasteiger partial charge in [0.05, 0.1) is 16.8 Å². The maximum Gasteiger partial charge on any atom is 0.387 e. The molecule has 5 rings (SSSR count). The SMILES string of the molecule is CCc1cc(OCC(F)F)nc2c(-c3ccc(OC(F)F)cc3)c(=O)n(-c3ccc4nn(C)cc4c3)nc12. The summed E-state index contributed by atoms with van der Waals surface area (Å²) in [6, 6.07) is 12.3. The quantitative estimate of drug-likeness (QED) is 0.260. The topological polar surface area (TPSA) is 84.1 Å². The molecule has 0 unspecified atom stereocenters. The van der Waals surface area contributed by atoms with Crippen molar-refractivity contribution >= 4 is 21.9 Å². The number of ether oxygens (including phenoxy) is 2. The highest BCUT2D eigenvalue weighted by Crippen LogP contribution is 2.30. The fraction of sp³-hybridized carbons (Fsp3) is 0.231. The van der Waals surface area contributed by atoms with Crippen LogP contribution < -0.4 is 15.0 Å². The number of alkyl halides is 4. The number of aryl methyl sites for hydroxylation is 2. The fourth-order valence-electron chi connectivity index (χ4n) is 4.20. The molecule has 5 aromatic rings. The highest BCUT2D eigenvalue weighted by molar-refractivity contribution is 5.93. The highest BCUT2D eigenvalue weighted by atomic mass is 19.3. The van der Waals surface area contributed by atoms with E-state index in [0.29, 0.717) is 28.8 Å². The summed E-state index contributed by atoms with van der Waals surface area (Å²) >= 11 is 0. The smallest absolute Gasteiger partial charge is 0.387 e. The van der Waals surface area contributed by atoms with E-state index in [1.807, 2.05) is 6.92 Å². The molecule has 196 valence electrons. The number of nitrogens with zero attached hydrogens (tertiary/aromatic N) is 5. The Hall–Kier alpha value is -4.48. The van der Waals surface area contributed by atoms with E-state index >= 15 is 0 Å². The van der Waals surface area contributed by atoms with Crippen LogP contribution >= 0.6 is 0 Å². The first-order valence-corrected chi connectivity index (χ1v) is 11.6. The van der Waals surface area contributed by atoms with E-state index in [9.17, 15) is 22.4 Å². The minimum Gasteiger partial charge on any atom is -0.472 e. The molecule has 0 radical (unpaired) electrons. The fourth-order valence-corrected chi connectivity index (χ4v) is 4.20. The molecule has 0 saturated heterocycles. The molecule has 3 heterocycles. The van der Waals surface area contributed by atoms with Gasteiger partial charge in [0.15, 0.2) is 6.61 Å². The van der Waals surface area contributed by atoms with Crippen LogP contribution in [0.1, 0.15) is 12.5 Å². The Bertz CT molecular complexity index is 1680. The van der Waals surface area contributed by atoms with Crippen molar-refractivity contribution in [2.24, 2.45) is 7.05 Å². The molecule has 12 heteroatoms. The van der Waals surface area contributed by atoms with Gasteiger partial charge in [-0.05, 0) is 47.9 Å². The lowest BCUT2D eigenvalue weighted by atomic mass is 10.0. The van der Waals surface area contributed by atoms with Crippen molar-refractivity contribution in [3.63, 3.8) is 0 Å². The normalized spacial score (nSPS) is 11.7. The Labute approximate surface area is 213 Å². The molecule has 0 saturated carbocycles. The van der Waals surface area contributed by atoms with Crippen molar-refractivity contribution in [3.8, 4) is 28.4 Å². The predicted octanol–water partition coefficient (Wildman–Crippen LogP) is 5.14. The van der Waals surface area contributed by atoms with Gasteiger partial charge in [-0.25, -0.2) is 13.8 Å². The first-order chi connectivity index (χ1) is 18.2. The van der Waals surface area contributed by atoms with Crippen molar-refractivity contribution in [2.45, 2.75) is 26.4 Å². The third-order valence-electron chi connectivity index (χ3n) is 5.84. The van der Waals surface area contributed by atoms with Gasteiger partial charge in [-0.1, -0.05) is 19.1 Å². The second kappa shape index (κ2) is 10.1. The zero-order chi connectivity index (χ0) is 27.0. The van der Waals surface area contributed by atoms with Crippen LogP contribution in [0.5, 0.6) is 11.6 Å². The van der Waals surface area contributed by atoms with Crippen LogP contribution in [0, 0.1) is 0 Å². The van der Waals surface area contributed by atoms with Gasteiger partial charge >= 0.3 is 6.61 Å². The molecular weight excluding hydrogens is 506 g/mol. The summed E-state index contributed by atoms with van der Waals surface area (Å²) in [4.78, 5) is 18.2. The Morgan fingerprint density at radius 1 is 0.974 bits per heavy atom. The van der Waals surface area contributed by atoms with Gasteiger partial charge in [0.2, 0.25) is 5.88 Å². The summed E-state index contributed by atoms with van der Waals surface area (Å²) in [6.07, 6.45) is -0.468. The number of hydrogen-bond donors (Lipinski definition) is 0. The van der Waals surface area contributed by atoms with Crippen molar-refractivity contribution in [3.05, 3.63) is 70.6 Å². The lowest BCUT2D eigenvalue weighted by molar-refractivity contribution is -0.0498. The van der Waals surface area contributed by atoms with Crippen molar-refractivity contribution < 1.29 is 27.0 Å². The van der Waals surface area contributed by atoms with Gasteiger partial charge in [0.25, 0.3) is 12.0 Å². The average molecular weight is 527 g/mol. The van der Waals surface area contributed by atoms with Crippen molar-refractivity contribution in [1.82, 2.24) is 24.5 Å². The van der Waals surface area contributed by atoms with Crippen LogP contribution in [0.2, 0.25) is 0 Å². The number of pyridine rings is 1. The largest absolute Gasteiger partial charge is 0.472 e. The second-order valence-electron chi connectivity index (χ2n) is 8.41. The average Bonchev–Trinajstić information content (AvgIpc) is 3.26. The van der Waals surface area contributed by atoms with E-state index in [4.69, 9.17) is 4.74 Å². The van der Waals surface area contributed by atoms with Gasteiger partial charge in [-0.3, -0.25) is 9.48 Å². The Morgan fingerprint density at radius 2 is 1.74 bits per heavy atom. The standard InChI is InChI=1S/C26H21F4N5O3/c1-3-14-11-21(37-13-20(27)28)31-24-22(15-4-7-18(8-5-15)38-26(29)30)25(36)35(33-23(14)24)17-6-9-19-16(10-17)12-34(2)32-19/h4-12,20,26H,3,13H2,1-2H3. The molecule has 2 aromatic carbocycles. The van der Waals surface area contributed by atoms with Gasteiger partial charge in [0, 0.05) is 24.7 Å². The molecule has 0 aliphatic rings. The molecule has 0 N–H and O–H groups in total. The summed E-state index contributed by atoms with van der Waals surface area (Å²) in [6.45, 7) is -2.03. The van der Waals surface area contributed by atoms with E-state index in [1.54, 1.807) is 36.1 Å². The van der Waals surface area contributed by atoms with Gasteiger partial charge in [-0.2, -0.15) is 23.7 Å². The van der Waals surface area contributed by atoms with Gasteiger partial charge in [-0.15, -0.1) is 0 Å². The zero-order valence-electron chi connectivity index (χ0n) is 20.2. The summed E-state index contributed by atoms with van der Waals surface area (Å²) in [5.74, 6) is -0.170. The summed E-state index contributed by atoms with van der Waals surface area (Å²) < 4.78 is 63.4. The number of aromatic nitrogens is 5. The number of halogens is 4. The monoisotopic (exact) mass is 527 g/mol. The number of hydrogen-bond acceptors (Lipinski definition) is 6. The van der Waals surface area contributed by atoms with Crippen LogP contribution in [0.4, 0.5) is 17.6 Å². The third kappa shape index (κ3) is 4.89. The molecule has 0 fully saturated rings. The molecule has 0 atom stereocenters. The number of rotatable bonds is 8. The van der Waals surface area contributed by atoms with Crippen LogP contribution in [-0.2, 0) is 13.5 Å². The Kier molecular flexibility index (Phi) is 6.70. The number of fused-ring (bicyclic) bond motifs is 2. The molecule has 0 aliphatic heterocycles. The van der Waals surface area contributed by atoms with E-state index in [2.05, 4.69) is 19.9 Å². The lowest BCUT2D eigenvalue weighted by Gasteiger charge is -2.15. The van der Waals surface area contributed by atoms with Gasteiger partial charge in [0.1, 0.15) is 16.8 Å². The molecule has 0 aliphatic carbocycles. The number of benzene rings is 2. The van der Waals surface area contributed by atoms with Crippen LogP contribution in [0.25, 0.3) is 38.8 Å². The lowest BCUT2D eigenvalue weighted by Crippen LogP contribution is -2.24. The van der Waals surface area contributed by atoms with Crippen molar-refractivity contribution in [1.29, 1.82) is 0 Å². The second-order valence-corrected chi connectivity index (χ2v) is 8.41. The molecule has 0 amide bonds. The van der Waals surface area contributed by atoms with E-state index in [1.165, 1.54) is 35.0 Å². The first-order valence-electron chi connectivity index (χ1n) is 11.6. The summed E-state index contributed by atoms with van der Waals surface area (Å²) in [5.41, 5.74) is 2.22. The van der Waals surface area contributed by atoms with Crippen LogP contribution in [0.15, 0.2) is 59.5 Å². The van der Waals surface area contributed by atoms with Crippen LogP contribution in [0.3, 0.4) is 0 Å². The molecule has 8 nitrogen and oxygen atoms in total. The van der Waals surface area contributed by atoms with Gasteiger partial charge < -0.3 is 9.47 Å². The highest BCUT2D eigenvalue weighted by Gasteiger charge is 2.20. The van der Waals surface area contributed by atoms with E-state index < -0.39 is 25.2 Å². The summed E-state index contributed by atoms with van der Waals surface area (Å²) in [7, 11) is 1.78. The molecule has 0 spiro atoms. The summed E-state index contributed by atoms with van der Waals surface area (Å²) in [5, 5.41) is 9.73. The van der Waals surface area contributed by atoms with Crippen LogP contribution in [-0.4, -0.2) is 44.2 Å². The maximum absolute atomic E-state index is 13.9. The molecule has 0 bridgehead atoms. The Morgan fingerprint density at radius 3 is 2.42 bits per heavy atom. The van der Waals surface area contributed by atoms with Crippen molar-refractivity contribution in [2.75, 3.05) is 6.61 Å². The molecular formula is C26H21F4N5O3. The van der Waals surface area contributed by atoms with E-state index in [0.717, 1.165) is 10.9 Å². The van der Waals surface area contributed by atoms with E-state index in [-0.39, 0.29) is 22.7 Å². The minimum absolute atomic E-state index is 0.0794. The minimum atomic E-state index is -3.01.